The number of hydrogen-bond acceptors (Lipinski definition) is 1. The lowest BCUT2D eigenvalue weighted by atomic mass is 10.2. The van der Waals surface area contributed by atoms with Crippen molar-refractivity contribution in [2.24, 2.45) is 5.73 Å². The molecule has 13 heavy (non-hydrogen) atoms. The Kier molecular flexibility index (Phi) is 3.34. The molecule has 2 nitrogen and oxygen atoms in total. The van der Waals surface area contributed by atoms with Gasteiger partial charge in [0, 0.05) is 11.2 Å². The molecule has 2 rings (SSSR count). The smallest absolute Gasteiger partial charge is 0.0456 e. The molecule has 0 aliphatic rings. The van der Waals surface area contributed by atoms with Gasteiger partial charge in [0.2, 0.25) is 0 Å². The topological polar surface area (TPSA) is 41.8 Å². The average molecular weight is 197 g/mol. The third-order valence-electron chi connectivity index (χ3n) is 2.00. The number of halogens is 1. The lowest BCUT2D eigenvalue weighted by Gasteiger charge is -1.89. The summed E-state index contributed by atoms with van der Waals surface area (Å²) >= 11 is 0. The van der Waals surface area contributed by atoms with Crippen LogP contribution in [-0.4, -0.2) is 11.5 Å². The first-order valence-corrected chi connectivity index (χ1v) is 4.17. The Morgan fingerprint density at radius 1 is 1.23 bits per heavy atom. The highest BCUT2D eigenvalue weighted by atomic mass is 35.5. The maximum absolute atomic E-state index is 5.46. The fraction of sp³-hybridized carbons (Fsp3) is 0.200. The molecule has 0 fully saturated rings. The number of para-hydroxylation sites is 1. The number of fused-ring (bicyclic) bond motifs is 1. The summed E-state index contributed by atoms with van der Waals surface area (Å²) in [5, 5.41) is 1.26. The van der Waals surface area contributed by atoms with Crippen LogP contribution in [0.3, 0.4) is 0 Å². The van der Waals surface area contributed by atoms with Gasteiger partial charge in [0.15, 0.2) is 0 Å². The van der Waals surface area contributed by atoms with Gasteiger partial charge in [-0.1, -0.05) is 18.2 Å². The molecule has 0 aliphatic carbocycles. The van der Waals surface area contributed by atoms with Gasteiger partial charge in [-0.25, -0.2) is 0 Å². The Balaban J connectivity index is 0.000000845. The molecule has 1 aromatic heterocycles. The van der Waals surface area contributed by atoms with Crippen LogP contribution in [0.25, 0.3) is 10.9 Å². The molecule has 3 N–H and O–H groups in total. The molecule has 0 spiro atoms. The van der Waals surface area contributed by atoms with Gasteiger partial charge < -0.3 is 10.7 Å². The largest absolute Gasteiger partial charge is 0.358 e. The SMILES string of the molecule is Cl.NCCc1cc2ccccc2[nH]1. The van der Waals surface area contributed by atoms with E-state index in [4.69, 9.17) is 5.73 Å². The molecular weight excluding hydrogens is 184 g/mol. The summed E-state index contributed by atoms with van der Waals surface area (Å²) in [6, 6.07) is 10.4. The zero-order valence-electron chi connectivity index (χ0n) is 7.29. The van der Waals surface area contributed by atoms with Gasteiger partial charge in [-0.3, -0.25) is 0 Å². The molecule has 0 saturated heterocycles. The predicted molar refractivity (Wildman–Crippen MR) is 58.3 cm³/mol. The lowest BCUT2D eigenvalue weighted by molar-refractivity contribution is 0.940. The summed E-state index contributed by atoms with van der Waals surface area (Å²) in [6.45, 7) is 0.701. The molecule has 1 heterocycles. The van der Waals surface area contributed by atoms with E-state index in [1.165, 1.54) is 16.6 Å². The third kappa shape index (κ3) is 2.02. The minimum atomic E-state index is 0. The van der Waals surface area contributed by atoms with E-state index in [-0.39, 0.29) is 12.4 Å². The summed E-state index contributed by atoms with van der Waals surface area (Å²) in [6.07, 6.45) is 0.925. The summed E-state index contributed by atoms with van der Waals surface area (Å²) < 4.78 is 0. The minimum Gasteiger partial charge on any atom is -0.358 e. The predicted octanol–water partition coefficient (Wildman–Crippen LogP) is 2.09. The zero-order chi connectivity index (χ0) is 8.39. The van der Waals surface area contributed by atoms with Crippen molar-refractivity contribution in [1.29, 1.82) is 0 Å². The van der Waals surface area contributed by atoms with Crippen LogP contribution in [0.15, 0.2) is 30.3 Å². The van der Waals surface area contributed by atoms with Crippen molar-refractivity contribution in [2.45, 2.75) is 6.42 Å². The number of rotatable bonds is 2. The molecule has 0 atom stereocenters. The Bertz CT molecular complexity index is 348. The highest BCUT2D eigenvalue weighted by Crippen LogP contribution is 2.14. The van der Waals surface area contributed by atoms with Crippen LogP contribution in [0.4, 0.5) is 0 Å². The van der Waals surface area contributed by atoms with Crippen molar-refractivity contribution in [3.63, 3.8) is 0 Å². The van der Waals surface area contributed by atoms with Crippen LogP contribution >= 0.6 is 12.4 Å². The van der Waals surface area contributed by atoms with Crippen LogP contribution in [0.5, 0.6) is 0 Å². The van der Waals surface area contributed by atoms with Gasteiger partial charge in [0.05, 0.1) is 0 Å². The van der Waals surface area contributed by atoms with Gasteiger partial charge in [-0.2, -0.15) is 0 Å². The molecule has 1 aromatic carbocycles. The van der Waals surface area contributed by atoms with Gasteiger partial charge in [0.25, 0.3) is 0 Å². The highest BCUT2D eigenvalue weighted by molar-refractivity contribution is 5.85. The number of nitrogens with two attached hydrogens (primary N) is 1. The number of H-pyrrole nitrogens is 1. The molecule has 0 bridgehead atoms. The van der Waals surface area contributed by atoms with E-state index in [1.54, 1.807) is 0 Å². The van der Waals surface area contributed by atoms with E-state index in [1.807, 2.05) is 12.1 Å². The van der Waals surface area contributed by atoms with Crippen LogP contribution in [0.1, 0.15) is 5.69 Å². The van der Waals surface area contributed by atoms with Crippen LogP contribution in [0, 0.1) is 0 Å². The Hall–Kier alpha value is -0.990. The number of hydrogen-bond donors (Lipinski definition) is 2. The lowest BCUT2D eigenvalue weighted by Crippen LogP contribution is -2.02. The molecule has 0 aliphatic heterocycles. The van der Waals surface area contributed by atoms with E-state index in [2.05, 4.69) is 23.2 Å². The molecule has 70 valence electrons. The summed E-state index contributed by atoms with van der Waals surface area (Å²) in [4.78, 5) is 3.32. The fourth-order valence-corrected chi connectivity index (χ4v) is 1.42. The number of benzene rings is 1. The van der Waals surface area contributed by atoms with Gasteiger partial charge in [-0.05, 0) is 30.5 Å². The number of aromatic amines is 1. The first kappa shape index (κ1) is 10.1. The van der Waals surface area contributed by atoms with E-state index in [0.29, 0.717) is 6.54 Å². The van der Waals surface area contributed by atoms with Crippen LogP contribution in [-0.2, 0) is 6.42 Å². The first-order chi connectivity index (χ1) is 5.90. The maximum atomic E-state index is 5.46. The second-order valence-corrected chi connectivity index (χ2v) is 2.92. The Morgan fingerprint density at radius 2 is 2.00 bits per heavy atom. The molecular formula is C10H13ClN2. The van der Waals surface area contributed by atoms with Crippen molar-refractivity contribution in [2.75, 3.05) is 6.54 Å². The van der Waals surface area contributed by atoms with E-state index in [9.17, 15) is 0 Å². The van der Waals surface area contributed by atoms with Crippen molar-refractivity contribution in [3.05, 3.63) is 36.0 Å². The first-order valence-electron chi connectivity index (χ1n) is 4.17. The molecule has 0 unspecified atom stereocenters. The second-order valence-electron chi connectivity index (χ2n) is 2.92. The van der Waals surface area contributed by atoms with Crippen molar-refractivity contribution in [1.82, 2.24) is 4.98 Å². The number of nitrogens with one attached hydrogen (secondary N) is 1. The van der Waals surface area contributed by atoms with Crippen molar-refractivity contribution in [3.8, 4) is 0 Å². The highest BCUT2D eigenvalue weighted by Gasteiger charge is 1.97. The quantitative estimate of drug-likeness (QED) is 0.759. The average Bonchev–Trinajstić information content (AvgIpc) is 2.47. The standard InChI is InChI=1S/C10H12N2.ClH/c11-6-5-9-7-8-3-1-2-4-10(8)12-9;/h1-4,7,12H,5-6,11H2;1H. The van der Waals surface area contributed by atoms with E-state index >= 15 is 0 Å². The normalized spacial score (nSPS) is 9.92. The van der Waals surface area contributed by atoms with E-state index in [0.717, 1.165) is 6.42 Å². The van der Waals surface area contributed by atoms with Gasteiger partial charge in [-0.15, -0.1) is 12.4 Å². The van der Waals surface area contributed by atoms with Crippen molar-refractivity contribution >= 4 is 23.3 Å². The molecule has 0 radical (unpaired) electrons. The Labute approximate surface area is 83.5 Å². The molecule has 3 heteroatoms. The second kappa shape index (κ2) is 4.30. The number of aromatic nitrogens is 1. The molecule has 0 saturated carbocycles. The van der Waals surface area contributed by atoms with Gasteiger partial charge >= 0.3 is 0 Å². The monoisotopic (exact) mass is 196 g/mol. The third-order valence-corrected chi connectivity index (χ3v) is 2.00. The van der Waals surface area contributed by atoms with Crippen LogP contribution < -0.4 is 5.73 Å². The fourth-order valence-electron chi connectivity index (χ4n) is 1.42. The zero-order valence-corrected chi connectivity index (χ0v) is 8.10. The van der Waals surface area contributed by atoms with Gasteiger partial charge in [0.1, 0.15) is 0 Å². The minimum absolute atomic E-state index is 0. The molecule has 0 amide bonds. The summed E-state index contributed by atoms with van der Waals surface area (Å²) in [7, 11) is 0. The summed E-state index contributed by atoms with van der Waals surface area (Å²) in [5.41, 5.74) is 7.88. The van der Waals surface area contributed by atoms with Crippen molar-refractivity contribution < 1.29 is 0 Å². The van der Waals surface area contributed by atoms with E-state index < -0.39 is 0 Å². The summed E-state index contributed by atoms with van der Waals surface area (Å²) in [5.74, 6) is 0. The Morgan fingerprint density at radius 3 is 2.69 bits per heavy atom. The van der Waals surface area contributed by atoms with Crippen LogP contribution in [0.2, 0.25) is 0 Å². The maximum Gasteiger partial charge on any atom is 0.0456 e. The molecule has 2 aromatic rings.